The highest BCUT2D eigenvalue weighted by Gasteiger charge is 2.29. The molecule has 0 saturated heterocycles. The number of nitrogens with two attached hydrogens (primary N) is 1. The van der Waals surface area contributed by atoms with Crippen molar-refractivity contribution in [3.05, 3.63) is 54.2 Å². The smallest absolute Gasteiger partial charge is 0.326 e. The van der Waals surface area contributed by atoms with Crippen LogP contribution in [0.4, 0.5) is 0 Å². The van der Waals surface area contributed by atoms with Gasteiger partial charge in [0.2, 0.25) is 17.7 Å². The summed E-state index contributed by atoms with van der Waals surface area (Å²) >= 11 is 0. The third-order valence-corrected chi connectivity index (χ3v) is 5.50. The van der Waals surface area contributed by atoms with Gasteiger partial charge < -0.3 is 41.9 Å². The molecule has 0 fully saturated rings. The molecular formula is C23H27N7O7. The summed E-state index contributed by atoms with van der Waals surface area (Å²) in [6, 6.07) is 3.62. The molecule has 3 amide bonds. The number of hydrogen-bond acceptors (Lipinski definition) is 7. The molecule has 2 heterocycles. The van der Waals surface area contributed by atoms with Crippen molar-refractivity contribution in [3.8, 4) is 0 Å². The van der Waals surface area contributed by atoms with Crippen molar-refractivity contribution in [1.29, 1.82) is 0 Å². The fourth-order valence-corrected chi connectivity index (χ4v) is 3.65. The Kier molecular flexibility index (Phi) is 8.94. The Labute approximate surface area is 210 Å². The molecule has 2 aromatic heterocycles. The van der Waals surface area contributed by atoms with Crippen molar-refractivity contribution >= 4 is 40.6 Å². The number of amides is 3. The summed E-state index contributed by atoms with van der Waals surface area (Å²) in [6.45, 7) is -0.495. The molecule has 196 valence electrons. The Balaban J connectivity index is 1.58. The standard InChI is InChI=1S/C23H27N7O7/c24-15(5-12-8-26-16-4-2-1-3-14(12)16)21(34)27-10-19(31)29-17(6-13-9-25-11-28-13)22(35)30-18(23(36)37)7-20(32)33/h1-4,8-9,11,15,17-18,26H,5-7,10,24H2,(H,25,28)(H,27,34)(H,29,31)(H,30,35)(H,32,33)(H,36,37). The average Bonchev–Trinajstić information content (AvgIpc) is 3.51. The van der Waals surface area contributed by atoms with Crippen molar-refractivity contribution in [2.75, 3.05) is 6.54 Å². The Morgan fingerprint density at radius 3 is 2.41 bits per heavy atom. The molecular weight excluding hydrogens is 486 g/mol. The topological polar surface area (TPSA) is 232 Å². The number of carboxylic acids is 2. The maximum atomic E-state index is 12.7. The molecule has 14 heteroatoms. The number of nitrogens with zero attached hydrogens (tertiary/aromatic N) is 1. The van der Waals surface area contributed by atoms with Gasteiger partial charge in [0.05, 0.1) is 25.3 Å². The SMILES string of the molecule is NC(Cc1c[nH]c2ccccc12)C(=O)NCC(=O)NC(Cc1cnc[nH]1)C(=O)NC(CC(=O)O)C(=O)O. The number of carbonyl (C=O) groups excluding carboxylic acids is 3. The number of carboxylic acid groups (broad SMARTS) is 2. The van der Waals surface area contributed by atoms with E-state index in [9.17, 15) is 29.1 Å². The van der Waals surface area contributed by atoms with E-state index in [1.807, 2.05) is 24.3 Å². The van der Waals surface area contributed by atoms with E-state index >= 15 is 0 Å². The molecule has 0 aliphatic heterocycles. The second-order valence-electron chi connectivity index (χ2n) is 8.29. The average molecular weight is 514 g/mol. The Hall–Kier alpha value is -4.72. The summed E-state index contributed by atoms with van der Waals surface area (Å²) < 4.78 is 0. The first-order valence-electron chi connectivity index (χ1n) is 11.2. The lowest BCUT2D eigenvalue weighted by Gasteiger charge is -2.21. The van der Waals surface area contributed by atoms with E-state index < -0.39 is 60.8 Å². The number of aromatic nitrogens is 3. The zero-order valence-corrected chi connectivity index (χ0v) is 19.6. The van der Waals surface area contributed by atoms with Gasteiger partial charge >= 0.3 is 11.9 Å². The first kappa shape index (κ1) is 26.9. The van der Waals surface area contributed by atoms with E-state index in [0.717, 1.165) is 16.5 Å². The molecule has 0 bridgehead atoms. The van der Waals surface area contributed by atoms with Gasteiger partial charge in [-0.2, -0.15) is 0 Å². The molecule has 3 unspecified atom stereocenters. The molecule has 0 radical (unpaired) electrons. The van der Waals surface area contributed by atoms with Gasteiger partial charge in [-0.05, 0) is 18.1 Å². The minimum atomic E-state index is -1.70. The molecule has 3 aromatic rings. The van der Waals surface area contributed by atoms with Gasteiger partial charge in [0.25, 0.3) is 0 Å². The maximum absolute atomic E-state index is 12.7. The van der Waals surface area contributed by atoms with Crippen LogP contribution in [-0.4, -0.2) is 79.5 Å². The number of fused-ring (bicyclic) bond motifs is 1. The predicted molar refractivity (Wildman–Crippen MR) is 129 cm³/mol. The Morgan fingerprint density at radius 2 is 1.73 bits per heavy atom. The summed E-state index contributed by atoms with van der Waals surface area (Å²) in [4.78, 5) is 69.6. The van der Waals surface area contributed by atoms with Crippen molar-refractivity contribution < 1.29 is 34.2 Å². The summed E-state index contributed by atoms with van der Waals surface area (Å²) in [7, 11) is 0. The summed E-state index contributed by atoms with van der Waals surface area (Å²) in [5, 5.41) is 26.0. The number of hydrogen-bond donors (Lipinski definition) is 8. The van der Waals surface area contributed by atoms with Crippen LogP contribution in [0.1, 0.15) is 17.7 Å². The van der Waals surface area contributed by atoms with Crippen LogP contribution in [0.5, 0.6) is 0 Å². The van der Waals surface area contributed by atoms with Crippen molar-refractivity contribution in [2.45, 2.75) is 37.4 Å². The minimum Gasteiger partial charge on any atom is -0.481 e. The Bertz CT molecular complexity index is 1270. The number of aromatic amines is 2. The van der Waals surface area contributed by atoms with Gasteiger partial charge in [-0.1, -0.05) is 18.2 Å². The first-order valence-corrected chi connectivity index (χ1v) is 11.2. The molecule has 0 aliphatic rings. The lowest BCUT2D eigenvalue weighted by atomic mass is 10.1. The lowest BCUT2D eigenvalue weighted by molar-refractivity contribution is -0.147. The summed E-state index contributed by atoms with van der Waals surface area (Å²) in [5.41, 5.74) is 8.21. The van der Waals surface area contributed by atoms with Gasteiger partial charge in [-0.15, -0.1) is 0 Å². The van der Waals surface area contributed by atoms with Crippen LogP contribution in [0.3, 0.4) is 0 Å². The predicted octanol–water partition coefficient (Wildman–Crippen LogP) is -1.35. The molecule has 3 rings (SSSR count). The van der Waals surface area contributed by atoms with E-state index in [1.54, 1.807) is 6.20 Å². The molecule has 3 atom stereocenters. The molecule has 0 spiro atoms. The monoisotopic (exact) mass is 513 g/mol. The number of H-pyrrole nitrogens is 2. The van der Waals surface area contributed by atoms with Gasteiger partial charge in [-0.25, -0.2) is 9.78 Å². The largest absolute Gasteiger partial charge is 0.481 e. The fraction of sp³-hybridized carbons (Fsp3) is 0.304. The normalized spacial score (nSPS) is 13.3. The Morgan fingerprint density at radius 1 is 0.973 bits per heavy atom. The molecule has 0 aliphatic carbocycles. The second kappa shape index (κ2) is 12.3. The van der Waals surface area contributed by atoms with Crippen molar-refractivity contribution in [3.63, 3.8) is 0 Å². The van der Waals surface area contributed by atoms with Gasteiger partial charge in [-0.3, -0.25) is 19.2 Å². The molecule has 1 aromatic carbocycles. The second-order valence-corrected chi connectivity index (χ2v) is 8.29. The third-order valence-electron chi connectivity index (χ3n) is 5.50. The maximum Gasteiger partial charge on any atom is 0.326 e. The summed E-state index contributed by atoms with van der Waals surface area (Å²) in [6.07, 6.45) is 3.80. The number of para-hydroxylation sites is 1. The van der Waals surface area contributed by atoms with Crippen LogP contribution in [-0.2, 0) is 36.8 Å². The number of benzene rings is 1. The van der Waals surface area contributed by atoms with Crippen LogP contribution in [0.2, 0.25) is 0 Å². The number of rotatable bonds is 13. The van der Waals surface area contributed by atoms with Gasteiger partial charge in [0.1, 0.15) is 12.1 Å². The van der Waals surface area contributed by atoms with E-state index in [0.29, 0.717) is 5.69 Å². The number of imidazole rings is 1. The van der Waals surface area contributed by atoms with Crippen LogP contribution in [0, 0.1) is 0 Å². The molecule has 0 saturated carbocycles. The zero-order valence-electron chi connectivity index (χ0n) is 19.6. The van der Waals surface area contributed by atoms with Gasteiger partial charge in [0.15, 0.2) is 0 Å². The van der Waals surface area contributed by atoms with Crippen molar-refractivity contribution in [1.82, 2.24) is 30.9 Å². The fourth-order valence-electron chi connectivity index (χ4n) is 3.65. The molecule has 14 nitrogen and oxygen atoms in total. The molecule has 37 heavy (non-hydrogen) atoms. The van der Waals surface area contributed by atoms with Crippen LogP contribution >= 0.6 is 0 Å². The third kappa shape index (κ3) is 7.63. The quantitative estimate of drug-likeness (QED) is 0.135. The lowest BCUT2D eigenvalue weighted by Crippen LogP contribution is -2.54. The minimum absolute atomic E-state index is 0.0923. The highest BCUT2D eigenvalue weighted by Crippen LogP contribution is 2.18. The molecule has 9 N–H and O–H groups in total. The first-order chi connectivity index (χ1) is 17.6. The summed E-state index contributed by atoms with van der Waals surface area (Å²) in [5.74, 6) is -5.20. The highest BCUT2D eigenvalue weighted by molar-refractivity contribution is 5.93. The van der Waals surface area contributed by atoms with E-state index in [-0.39, 0.29) is 12.8 Å². The highest BCUT2D eigenvalue weighted by atomic mass is 16.4. The van der Waals surface area contributed by atoms with E-state index in [1.165, 1.54) is 12.5 Å². The van der Waals surface area contributed by atoms with Crippen LogP contribution in [0.15, 0.2) is 43.0 Å². The van der Waals surface area contributed by atoms with E-state index in [2.05, 4.69) is 30.9 Å². The van der Waals surface area contributed by atoms with Crippen LogP contribution in [0.25, 0.3) is 10.9 Å². The zero-order chi connectivity index (χ0) is 26.9. The number of aliphatic carboxylic acids is 2. The van der Waals surface area contributed by atoms with Crippen LogP contribution < -0.4 is 21.7 Å². The number of carbonyl (C=O) groups is 5. The van der Waals surface area contributed by atoms with E-state index in [4.69, 9.17) is 10.8 Å². The van der Waals surface area contributed by atoms with Gasteiger partial charge in [0, 0.05) is 35.4 Å². The van der Waals surface area contributed by atoms with Crippen molar-refractivity contribution in [2.24, 2.45) is 5.73 Å². The number of nitrogens with one attached hydrogen (secondary N) is 5.